The van der Waals surface area contributed by atoms with Gasteiger partial charge in [0.05, 0.1) is 89.5 Å². The molecule has 0 aromatic carbocycles. The summed E-state index contributed by atoms with van der Waals surface area (Å²) in [6, 6.07) is 0. The van der Waals surface area contributed by atoms with Crippen LogP contribution >= 0.6 is 0 Å². The van der Waals surface area contributed by atoms with E-state index in [4.69, 9.17) is 52.1 Å². The van der Waals surface area contributed by atoms with Crippen LogP contribution in [0.1, 0.15) is 222 Å². The van der Waals surface area contributed by atoms with Gasteiger partial charge in [-0.1, -0.05) is 110 Å². The molecule has 22 unspecified atom stereocenters. The van der Waals surface area contributed by atoms with E-state index in [1.54, 1.807) is 0 Å². The van der Waals surface area contributed by atoms with E-state index in [0.29, 0.717) is 64.2 Å². The quantitative estimate of drug-likeness (QED) is 0.0474. The summed E-state index contributed by atoms with van der Waals surface area (Å²) in [7, 11) is 0. The van der Waals surface area contributed by atoms with Crippen molar-refractivity contribution >= 4 is 23.7 Å². The minimum absolute atomic E-state index is 0.00682. The summed E-state index contributed by atoms with van der Waals surface area (Å²) in [6.45, 7) is 20.0. The highest BCUT2D eigenvalue weighted by Crippen LogP contribution is 2.54. The summed E-state index contributed by atoms with van der Waals surface area (Å²) in [4.78, 5) is 52.4. The van der Waals surface area contributed by atoms with Gasteiger partial charge in [0.25, 0.3) is 0 Å². The van der Waals surface area contributed by atoms with E-state index in [1.165, 1.54) is 70.3 Å². The molecule has 0 aliphatic carbocycles. The number of fused-ring (bicyclic) bond motifs is 8. The molecule has 2 N–H and O–H groups in total. The molecule has 0 amide bonds. The van der Waals surface area contributed by atoms with E-state index >= 15 is 0 Å². The van der Waals surface area contributed by atoms with Crippen molar-refractivity contribution in [2.45, 2.75) is 348 Å². The first kappa shape index (κ1) is 62.9. The van der Waals surface area contributed by atoms with Gasteiger partial charge in [-0.2, -0.15) is 0 Å². The number of aliphatic hydroxyl groups is 1. The Morgan fingerprint density at radius 1 is 0.711 bits per heavy atom. The Labute approximate surface area is 493 Å². The molecule has 0 aromatic rings. The first-order valence-corrected chi connectivity index (χ1v) is 32.4. The summed E-state index contributed by atoms with van der Waals surface area (Å²) in [6.07, 6.45) is 18.7. The molecule has 8 fully saturated rings. The number of carboxylic acid groups (broad SMARTS) is 1. The summed E-state index contributed by atoms with van der Waals surface area (Å²) < 4.78 is 74.7. The number of hydrogen-bond donors (Lipinski definition) is 2. The van der Waals surface area contributed by atoms with Gasteiger partial charge in [0, 0.05) is 75.9 Å². The summed E-state index contributed by atoms with van der Waals surface area (Å²) >= 11 is 0. The zero-order chi connectivity index (χ0) is 59.1. The molecule has 466 valence electrons. The van der Waals surface area contributed by atoms with Crippen molar-refractivity contribution < 1.29 is 81.5 Å². The third-order valence-electron chi connectivity index (χ3n) is 21.1. The predicted molar refractivity (Wildman–Crippen MR) is 306 cm³/mol. The number of ketones is 1. The highest BCUT2D eigenvalue weighted by molar-refractivity contribution is 5.86. The lowest BCUT2D eigenvalue weighted by Gasteiger charge is -2.60. The van der Waals surface area contributed by atoms with Gasteiger partial charge in [-0.15, -0.1) is 0 Å². The van der Waals surface area contributed by atoms with Gasteiger partial charge in [-0.05, 0) is 78.7 Å². The molecule has 0 radical (unpaired) electrons. The lowest BCUT2D eigenvalue weighted by atomic mass is 9.72. The molecule has 10 heterocycles. The number of aliphatic hydroxyl groups excluding tert-OH is 1. The van der Waals surface area contributed by atoms with Crippen LogP contribution in [-0.2, 0) is 71.3 Å². The number of ether oxygens (including phenoxy) is 11. The van der Waals surface area contributed by atoms with Crippen molar-refractivity contribution in [3.05, 3.63) is 36.0 Å². The van der Waals surface area contributed by atoms with Gasteiger partial charge in [0.2, 0.25) is 0 Å². The molecule has 22 atom stereocenters. The maximum atomic E-state index is 14.5. The van der Waals surface area contributed by atoms with Crippen molar-refractivity contribution in [3.63, 3.8) is 0 Å². The minimum atomic E-state index is -1.08. The van der Waals surface area contributed by atoms with Crippen LogP contribution in [-0.4, -0.2) is 160 Å². The molecule has 0 aromatic heterocycles. The second kappa shape index (κ2) is 25.9. The molecular formula is C66H100O17. The third-order valence-corrected chi connectivity index (χ3v) is 21.1. The van der Waals surface area contributed by atoms with E-state index in [2.05, 4.69) is 46.4 Å². The number of hydrogen-bond acceptors (Lipinski definition) is 16. The molecule has 83 heavy (non-hydrogen) atoms. The largest absolute Gasteiger partial charge is 0.478 e. The molecule has 0 bridgehead atoms. The van der Waals surface area contributed by atoms with Gasteiger partial charge in [-0.3, -0.25) is 9.59 Å². The van der Waals surface area contributed by atoms with E-state index in [0.717, 1.165) is 24.8 Å². The summed E-state index contributed by atoms with van der Waals surface area (Å²) in [5.41, 5.74) is -3.34. The van der Waals surface area contributed by atoms with Gasteiger partial charge in [-0.25, -0.2) is 9.59 Å². The fraction of sp³-hybridized carbons (Fsp3) is 0.848. The molecule has 10 aliphatic rings. The maximum absolute atomic E-state index is 14.5. The molecule has 8 saturated heterocycles. The fourth-order valence-corrected chi connectivity index (χ4v) is 16.0. The normalized spacial score (nSPS) is 44.1. The van der Waals surface area contributed by atoms with Crippen molar-refractivity contribution in [2.75, 3.05) is 0 Å². The van der Waals surface area contributed by atoms with E-state index in [-0.39, 0.29) is 79.1 Å². The maximum Gasteiger partial charge on any atom is 0.331 e. The van der Waals surface area contributed by atoms with Crippen LogP contribution in [0.25, 0.3) is 0 Å². The highest BCUT2D eigenvalue weighted by atomic mass is 16.6. The summed E-state index contributed by atoms with van der Waals surface area (Å²) in [5.74, 6) is -2.07. The third kappa shape index (κ3) is 13.8. The van der Waals surface area contributed by atoms with Gasteiger partial charge >= 0.3 is 17.9 Å². The lowest BCUT2D eigenvalue weighted by Crippen LogP contribution is -2.70. The molecule has 17 heteroatoms. The van der Waals surface area contributed by atoms with E-state index in [1.807, 2.05) is 27.7 Å². The second-order valence-electron chi connectivity index (χ2n) is 28.0. The Hall–Kier alpha value is -3.10. The lowest BCUT2D eigenvalue weighted by molar-refractivity contribution is -0.356. The Morgan fingerprint density at radius 3 is 2.11 bits per heavy atom. The highest BCUT2D eigenvalue weighted by Gasteiger charge is 2.64. The second-order valence-corrected chi connectivity index (χ2v) is 28.0. The minimum Gasteiger partial charge on any atom is -0.478 e. The van der Waals surface area contributed by atoms with Gasteiger partial charge in [0.15, 0.2) is 5.78 Å². The molecule has 17 nitrogen and oxygen atoms in total. The predicted octanol–water partition coefficient (Wildman–Crippen LogP) is 10.6. The first-order chi connectivity index (χ1) is 39.5. The summed E-state index contributed by atoms with van der Waals surface area (Å²) in [5, 5.41) is 21.0. The van der Waals surface area contributed by atoms with Crippen LogP contribution in [0.5, 0.6) is 0 Å². The number of unbranched alkanes of at least 4 members (excludes halogenated alkanes) is 12. The van der Waals surface area contributed by atoms with Crippen LogP contribution in [0.4, 0.5) is 0 Å². The topological polar surface area (TPSA) is 210 Å². The Bertz CT molecular complexity index is 2390. The number of rotatable bonds is 21. The molecule has 0 spiro atoms. The van der Waals surface area contributed by atoms with Gasteiger partial charge in [0.1, 0.15) is 36.1 Å². The SMILES string of the molecule is C=C(CC1CC(O)C2(C)OC3CC4OC5CC6(C)OC7(C)CCC(=O)C(C(C)CC8OC9CC%10OC(=O)C=C(C)C%10OC9(C)CC8OC(=O)CCCCCCCCCCCCCCC)OC7CC6OC5(C)CC=CC4OC3CC2O1)C(=O)O. The van der Waals surface area contributed by atoms with E-state index in [9.17, 15) is 29.4 Å². The number of Topliss-reactive ketones (excluding diaryl/α,β-unsaturated/α-hetero) is 1. The zero-order valence-electron chi connectivity index (χ0n) is 51.2. The van der Waals surface area contributed by atoms with Crippen molar-refractivity contribution in [1.29, 1.82) is 0 Å². The fourth-order valence-electron chi connectivity index (χ4n) is 16.0. The Balaban J connectivity index is 0.771. The Morgan fingerprint density at radius 2 is 1.40 bits per heavy atom. The number of carbonyl (C=O) groups excluding carboxylic acids is 3. The average molecular weight is 1170 g/mol. The molecule has 10 rings (SSSR count). The van der Waals surface area contributed by atoms with Crippen molar-refractivity contribution in [2.24, 2.45) is 5.92 Å². The van der Waals surface area contributed by atoms with Crippen LogP contribution in [0, 0.1) is 5.92 Å². The van der Waals surface area contributed by atoms with Crippen molar-refractivity contribution in [1.82, 2.24) is 0 Å². The van der Waals surface area contributed by atoms with Crippen LogP contribution in [0.2, 0.25) is 0 Å². The standard InChI is InChI=1S/C66H100O17/c1-10-11-12-13-14-15-16-17-18-19-20-21-22-25-57(69)78-50-37-64(7)52(35-49-60(82-64)40(3)31-58(70)77-49)75-45(50)30-39(2)59-43(67)26-28-63(6)53(79-59)36-54-65(8,83-63)38-56-62(5,81-54)27-23-24-44-46(76-56)33-48-47(74-44)34-55-66(9,80-48)51(68)32-42(73-55)29-41(4)61(71)72/h23-24,31,39,42,44-56,59-60,68H,4,10-22,25-30,32-38H2,1-3,5-9H3,(H,71,72). The number of carbonyl (C=O) groups is 4. The smallest absolute Gasteiger partial charge is 0.331 e. The first-order valence-electron chi connectivity index (χ1n) is 32.4. The average Bonchev–Trinajstić information content (AvgIpc) is 2.12. The van der Waals surface area contributed by atoms with Gasteiger partial charge < -0.3 is 62.3 Å². The zero-order valence-corrected chi connectivity index (χ0v) is 51.2. The van der Waals surface area contributed by atoms with Crippen molar-refractivity contribution in [3.8, 4) is 0 Å². The number of carboxylic acids is 1. The van der Waals surface area contributed by atoms with Crippen LogP contribution in [0.15, 0.2) is 36.0 Å². The number of esters is 2. The van der Waals surface area contributed by atoms with Crippen LogP contribution < -0.4 is 0 Å². The van der Waals surface area contributed by atoms with Crippen LogP contribution in [0.3, 0.4) is 0 Å². The molecular weight excluding hydrogens is 1060 g/mol. The Kier molecular flexibility index (Phi) is 19.7. The number of aliphatic carboxylic acids is 1. The molecule has 0 saturated carbocycles. The monoisotopic (exact) mass is 1160 g/mol. The van der Waals surface area contributed by atoms with E-state index < -0.39 is 101 Å². The molecule has 10 aliphatic heterocycles.